The summed E-state index contributed by atoms with van der Waals surface area (Å²) >= 11 is 1.57. The van der Waals surface area contributed by atoms with Crippen molar-refractivity contribution in [1.29, 1.82) is 0 Å². The highest BCUT2D eigenvalue weighted by atomic mass is 32.1. The van der Waals surface area contributed by atoms with E-state index in [9.17, 15) is 5.11 Å². The molecular formula is C11H22N4OS. The average Bonchev–Trinajstić information content (AvgIpc) is 2.63. The predicted octanol–water partition coefficient (Wildman–Crippen LogP) is 1.56. The summed E-state index contributed by atoms with van der Waals surface area (Å²) in [5, 5.41) is 23.0. The van der Waals surface area contributed by atoms with Crippen LogP contribution in [0.25, 0.3) is 0 Å². The Balaban J connectivity index is 2.54. The van der Waals surface area contributed by atoms with E-state index < -0.39 is 5.60 Å². The highest BCUT2D eigenvalue weighted by molar-refractivity contribution is 7.15. The van der Waals surface area contributed by atoms with E-state index in [-0.39, 0.29) is 0 Å². The smallest absolute Gasteiger partial charge is 0.205 e. The van der Waals surface area contributed by atoms with Crippen molar-refractivity contribution >= 4 is 16.5 Å². The first-order valence-corrected chi connectivity index (χ1v) is 6.77. The summed E-state index contributed by atoms with van der Waals surface area (Å²) in [7, 11) is 0. The van der Waals surface area contributed by atoms with Crippen molar-refractivity contribution in [3.63, 3.8) is 0 Å². The van der Waals surface area contributed by atoms with Crippen LogP contribution in [-0.2, 0) is 6.54 Å². The summed E-state index contributed by atoms with van der Waals surface area (Å²) in [4.78, 5) is 2.16. The Labute approximate surface area is 107 Å². The molecule has 0 aromatic carbocycles. The molecule has 1 heterocycles. The van der Waals surface area contributed by atoms with Crippen molar-refractivity contribution in [2.75, 3.05) is 25.0 Å². The molecule has 0 saturated carbocycles. The van der Waals surface area contributed by atoms with Crippen LogP contribution in [0.2, 0.25) is 0 Å². The molecule has 0 spiro atoms. The van der Waals surface area contributed by atoms with Crippen molar-refractivity contribution in [3.05, 3.63) is 5.01 Å². The van der Waals surface area contributed by atoms with Gasteiger partial charge in [0.2, 0.25) is 5.13 Å². The van der Waals surface area contributed by atoms with Crippen molar-refractivity contribution in [3.8, 4) is 0 Å². The van der Waals surface area contributed by atoms with Crippen LogP contribution in [-0.4, -0.2) is 45.4 Å². The number of rotatable bonds is 7. The third-order valence-corrected chi connectivity index (χ3v) is 3.08. The molecule has 0 aliphatic rings. The molecule has 0 saturated heterocycles. The van der Waals surface area contributed by atoms with E-state index >= 15 is 0 Å². The highest BCUT2D eigenvalue weighted by Crippen LogP contribution is 2.17. The number of nitrogens with one attached hydrogen (secondary N) is 1. The second kappa shape index (κ2) is 6.28. The second-order valence-corrected chi connectivity index (χ2v) is 5.71. The van der Waals surface area contributed by atoms with Gasteiger partial charge in [0.25, 0.3) is 0 Å². The Morgan fingerprint density at radius 1 is 1.35 bits per heavy atom. The zero-order valence-corrected chi connectivity index (χ0v) is 11.8. The summed E-state index contributed by atoms with van der Waals surface area (Å²) < 4.78 is 0. The maximum atomic E-state index is 9.80. The normalized spacial score (nSPS) is 12.1. The minimum absolute atomic E-state index is 0.639. The van der Waals surface area contributed by atoms with Crippen molar-refractivity contribution in [2.45, 2.75) is 39.8 Å². The van der Waals surface area contributed by atoms with Gasteiger partial charge >= 0.3 is 0 Å². The summed E-state index contributed by atoms with van der Waals surface area (Å²) in [6.45, 7) is 10.9. The highest BCUT2D eigenvalue weighted by Gasteiger charge is 2.18. The third kappa shape index (κ3) is 5.43. The predicted molar refractivity (Wildman–Crippen MR) is 71.3 cm³/mol. The fraction of sp³-hybridized carbons (Fsp3) is 0.818. The molecule has 2 N–H and O–H groups in total. The lowest BCUT2D eigenvalue weighted by atomic mass is 10.1. The van der Waals surface area contributed by atoms with Gasteiger partial charge in [0.05, 0.1) is 12.1 Å². The topological polar surface area (TPSA) is 61.3 Å². The number of nitrogens with zero attached hydrogens (tertiary/aromatic N) is 3. The Morgan fingerprint density at radius 3 is 2.59 bits per heavy atom. The number of likely N-dealkylation sites (N-methyl/N-ethyl adjacent to an activating group) is 1. The van der Waals surface area contributed by atoms with Gasteiger partial charge in [0, 0.05) is 13.1 Å². The van der Waals surface area contributed by atoms with Crippen LogP contribution >= 0.6 is 11.3 Å². The molecule has 0 atom stereocenters. The largest absolute Gasteiger partial charge is 0.389 e. The number of aromatic nitrogens is 2. The average molecular weight is 258 g/mol. The summed E-state index contributed by atoms with van der Waals surface area (Å²) in [6.07, 6.45) is 0. The Bertz CT molecular complexity index is 334. The molecule has 5 nitrogen and oxygen atoms in total. The molecule has 0 unspecified atom stereocenters. The lowest BCUT2D eigenvalue weighted by Gasteiger charge is -2.26. The first-order chi connectivity index (χ1) is 7.94. The monoisotopic (exact) mass is 258 g/mol. The van der Waals surface area contributed by atoms with Crippen LogP contribution < -0.4 is 5.32 Å². The molecule has 0 amide bonds. The zero-order valence-electron chi connectivity index (χ0n) is 11.0. The van der Waals surface area contributed by atoms with Gasteiger partial charge in [-0.3, -0.25) is 4.90 Å². The molecule has 0 aliphatic heterocycles. The molecule has 1 rings (SSSR count). The minimum Gasteiger partial charge on any atom is -0.389 e. The van der Waals surface area contributed by atoms with E-state index in [4.69, 9.17) is 0 Å². The molecular weight excluding hydrogens is 236 g/mol. The van der Waals surface area contributed by atoms with Gasteiger partial charge in [-0.2, -0.15) is 0 Å². The van der Waals surface area contributed by atoms with E-state index in [1.165, 1.54) is 0 Å². The number of hydrogen-bond donors (Lipinski definition) is 2. The summed E-state index contributed by atoms with van der Waals surface area (Å²) in [5.74, 6) is 0. The lowest BCUT2D eigenvalue weighted by Crippen LogP contribution is -2.38. The fourth-order valence-corrected chi connectivity index (χ4v) is 2.41. The van der Waals surface area contributed by atoms with E-state index in [2.05, 4.69) is 27.3 Å². The number of hydrogen-bond acceptors (Lipinski definition) is 6. The van der Waals surface area contributed by atoms with Gasteiger partial charge < -0.3 is 10.4 Å². The van der Waals surface area contributed by atoms with Crippen LogP contribution in [0, 0.1) is 0 Å². The van der Waals surface area contributed by atoms with Crippen molar-refractivity contribution in [1.82, 2.24) is 15.1 Å². The summed E-state index contributed by atoms with van der Waals surface area (Å²) in [6, 6.07) is 0. The van der Waals surface area contributed by atoms with E-state index in [0.29, 0.717) is 6.54 Å². The maximum absolute atomic E-state index is 9.80. The van der Waals surface area contributed by atoms with E-state index in [1.807, 2.05) is 20.8 Å². The Kier molecular flexibility index (Phi) is 5.30. The van der Waals surface area contributed by atoms with E-state index in [0.717, 1.165) is 29.8 Å². The first kappa shape index (κ1) is 14.3. The molecule has 0 bridgehead atoms. The first-order valence-electron chi connectivity index (χ1n) is 5.95. The van der Waals surface area contributed by atoms with Crippen LogP contribution in [0.15, 0.2) is 0 Å². The second-order valence-electron chi connectivity index (χ2n) is 4.65. The van der Waals surface area contributed by atoms with Gasteiger partial charge in [-0.25, -0.2) is 0 Å². The van der Waals surface area contributed by atoms with Gasteiger partial charge in [0.1, 0.15) is 5.01 Å². The molecule has 1 aromatic heterocycles. The van der Waals surface area contributed by atoms with Crippen molar-refractivity contribution < 1.29 is 5.11 Å². The van der Waals surface area contributed by atoms with Gasteiger partial charge in [-0.15, -0.1) is 10.2 Å². The third-order valence-electron chi connectivity index (χ3n) is 2.21. The minimum atomic E-state index is -0.675. The summed E-state index contributed by atoms with van der Waals surface area (Å²) in [5.41, 5.74) is -0.675. The van der Waals surface area contributed by atoms with Crippen LogP contribution in [0.3, 0.4) is 0 Å². The molecule has 0 radical (unpaired) electrons. The quantitative estimate of drug-likeness (QED) is 0.777. The molecule has 1 aromatic rings. The molecule has 0 aliphatic carbocycles. The maximum Gasteiger partial charge on any atom is 0.205 e. The zero-order chi connectivity index (χ0) is 12.9. The van der Waals surface area contributed by atoms with Gasteiger partial charge in [0.15, 0.2) is 0 Å². The fourth-order valence-electron chi connectivity index (χ4n) is 1.56. The molecule has 0 fully saturated rings. The Hall–Kier alpha value is -0.720. The van der Waals surface area contributed by atoms with E-state index in [1.54, 1.807) is 11.3 Å². The van der Waals surface area contributed by atoms with Gasteiger partial charge in [-0.05, 0) is 27.3 Å². The lowest BCUT2D eigenvalue weighted by molar-refractivity contribution is 0.0352. The molecule has 6 heteroatoms. The molecule has 17 heavy (non-hydrogen) atoms. The van der Waals surface area contributed by atoms with Crippen LogP contribution in [0.1, 0.15) is 32.7 Å². The number of aliphatic hydroxyl groups is 1. The van der Waals surface area contributed by atoms with Crippen LogP contribution in [0.5, 0.6) is 0 Å². The van der Waals surface area contributed by atoms with Crippen molar-refractivity contribution in [2.24, 2.45) is 0 Å². The Morgan fingerprint density at radius 2 is 2.06 bits per heavy atom. The van der Waals surface area contributed by atoms with Crippen LogP contribution in [0.4, 0.5) is 5.13 Å². The SMILES string of the molecule is CCNc1nnc(CN(CC)CC(C)(C)O)s1. The number of anilines is 1. The molecule has 98 valence electrons. The van der Waals surface area contributed by atoms with Gasteiger partial charge in [-0.1, -0.05) is 18.3 Å². The standard InChI is InChI=1S/C11H22N4OS/c1-5-12-10-14-13-9(17-10)7-15(6-2)8-11(3,4)16/h16H,5-8H2,1-4H3,(H,12,14).